The average molecular weight is 458 g/mol. The fourth-order valence-electron chi connectivity index (χ4n) is 3.29. The maximum atomic E-state index is 12.5. The number of aromatic nitrogens is 3. The van der Waals surface area contributed by atoms with Gasteiger partial charge in [0.15, 0.2) is 5.16 Å². The third-order valence-electron chi connectivity index (χ3n) is 4.74. The Morgan fingerprint density at radius 2 is 1.42 bits per heavy atom. The molecule has 1 aromatic heterocycles. The molecule has 3 aromatic carbocycles. The molecule has 4 aromatic rings. The maximum Gasteiger partial charge on any atom is 0.234 e. The number of hydrogen-bond acceptors (Lipinski definition) is 5. The lowest BCUT2D eigenvalue weighted by Gasteiger charge is -2.11. The summed E-state index contributed by atoms with van der Waals surface area (Å²) in [4.78, 5) is 23.7. The van der Waals surface area contributed by atoms with Gasteiger partial charge in [0.25, 0.3) is 0 Å². The first kappa shape index (κ1) is 22.3. The molecule has 33 heavy (non-hydrogen) atoms. The Morgan fingerprint density at radius 3 is 2.06 bits per heavy atom. The van der Waals surface area contributed by atoms with Crippen LogP contribution in [0.1, 0.15) is 18.3 Å². The highest BCUT2D eigenvalue weighted by Gasteiger charge is 2.16. The number of carbonyl (C=O) groups is 2. The molecule has 4 rings (SSSR count). The number of nitrogens with one attached hydrogen (secondary N) is 2. The fraction of sp³-hybridized carbons (Fsp3) is 0.120. The van der Waals surface area contributed by atoms with Crippen molar-refractivity contribution in [3.05, 3.63) is 96.3 Å². The molecule has 0 aliphatic carbocycles. The summed E-state index contributed by atoms with van der Waals surface area (Å²) in [6.07, 6.45) is 0.635. The molecule has 8 heteroatoms. The highest BCUT2D eigenvalue weighted by molar-refractivity contribution is 7.99. The van der Waals surface area contributed by atoms with Gasteiger partial charge in [-0.2, -0.15) is 0 Å². The predicted molar refractivity (Wildman–Crippen MR) is 131 cm³/mol. The summed E-state index contributed by atoms with van der Waals surface area (Å²) in [5.41, 5.74) is 3.42. The van der Waals surface area contributed by atoms with Crippen LogP contribution in [0.25, 0.3) is 5.69 Å². The molecule has 0 bridgehead atoms. The molecule has 0 radical (unpaired) electrons. The Kier molecular flexibility index (Phi) is 7.16. The van der Waals surface area contributed by atoms with E-state index in [-0.39, 0.29) is 17.6 Å². The molecule has 2 amide bonds. The first-order valence-electron chi connectivity index (χ1n) is 10.4. The second kappa shape index (κ2) is 10.6. The topological polar surface area (TPSA) is 88.9 Å². The lowest BCUT2D eigenvalue weighted by atomic mass is 10.1. The van der Waals surface area contributed by atoms with Crippen molar-refractivity contribution in [1.82, 2.24) is 14.8 Å². The van der Waals surface area contributed by atoms with Gasteiger partial charge in [-0.1, -0.05) is 60.3 Å². The van der Waals surface area contributed by atoms with Gasteiger partial charge >= 0.3 is 0 Å². The zero-order chi connectivity index (χ0) is 23.0. The standard InChI is InChI=1S/C25H23N5O2S/c1-18(31)26-20-12-14-21(15-13-20)27-24(32)17-33-25-29-28-23(16-19-8-4-2-5-9-19)30(25)22-10-6-3-7-11-22/h2-15H,16-17H2,1H3,(H,26,31)(H,27,32). The fourth-order valence-corrected chi connectivity index (χ4v) is 4.06. The van der Waals surface area contributed by atoms with E-state index in [1.165, 1.54) is 18.7 Å². The minimum absolute atomic E-state index is 0.141. The highest BCUT2D eigenvalue weighted by Crippen LogP contribution is 2.24. The number of thioether (sulfide) groups is 1. The van der Waals surface area contributed by atoms with E-state index in [1.807, 2.05) is 53.1 Å². The van der Waals surface area contributed by atoms with E-state index in [4.69, 9.17) is 0 Å². The Morgan fingerprint density at radius 1 is 0.818 bits per heavy atom. The Bertz CT molecular complexity index is 1220. The maximum absolute atomic E-state index is 12.5. The van der Waals surface area contributed by atoms with Gasteiger partial charge in [0.1, 0.15) is 5.82 Å². The first-order chi connectivity index (χ1) is 16.1. The van der Waals surface area contributed by atoms with Crippen molar-refractivity contribution in [3.63, 3.8) is 0 Å². The Labute approximate surface area is 196 Å². The largest absolute Gasteiger partial charge is 0.326 e. The summed E-state index contributed by atoms with van der Waals surface area (Å²) in [7, 11) is 0. The molecule has 0 saturated carbocycles. The van der Waals surface area contributed by atoms with Gasteiger partial charge < -0.3 is 10.6 Å². The zero-order valence-corrected chi connectivity index (χ0v) is 18.9. The van der Waals surface area contributed by atoms with E-state index in [2.05, 4.69) is 33.0 Å². The summed E-state index contributed by atoms with van der Waals surface area (Å²) in [5, 5.41) is 15.0. The summed E-state index contributed by atoms with van der Waals surface area (Å²) < 4.78 is 1.99. The molecule has 0 aliphatic rings. The van der Waals surface area contributed by atoms with Crippen molar-refractivity contribution in [2.24, 2.45) is 0 Å². The molecule has 0 spiro atoms. The molecular formula is C25H23N5O2S. The Balaban J connectivity index is 1.46. The molecule has 0 aliphatic heterocycles. The molecule has 7 nitrogen and oxygen atoms in total. The van der Waals surface area contributed by atoms with Gasteiger partial charge in [0.2, 0.25) is 11.8 Å². The lowest BCUT2D eigenvalue weighted by molar-refractivity contribution is -0.114. The third kappa shape index (κ3) is 6.08. The second-order valence-corrected chi connectivity index (χ2v) is 8.27. The van der Waals surface area contributed by atoms with Crippen molar-refractivity contribution < 1.29 is 9.59 Å². The number of nitrogens with zero attached hydrogens (tertiary/aromatic N) is 3. The number of rotatable bonds is 8. The Hall–Kier alpha value is -3.91. The summed E-state index contributed by atoms with van der Waals surface area (Å²) in [6.45, 7) is 1.45. The monoisotopic (exact) mass is 457 g/mol. The van der Waals surface area contributed by atoms with Gasteiger partial charge in [-0.3, -0.25) is 14.2 Å². The van der Waals surface area contributed by atoms with Crippen LogP contribution in [0, 0.1) is 0 Å². The number of hydrogen-bond donors (Lipinski definition) is 2. The third-order valence-corrected chi connectivity index (χ3v) is 5.67. The minimum atomic E-state index is -0.153. The minimum Gasteiger partial charge on any atom is -0.326 e. The molecule has 166 valence electrons. The van der Waals surface area contributed by atoms with Crippen LogP contribution in [0.15, 0.2) is 90.1 Å². The first-order valence-corrected chi connectivity index (χ1v) is 11.4. The summed E-state index contributed by atoms with van der Waals surface area (Å²) in [5.74, 6) is 0.699. The van der Waals surface area contributed by atoms with Crippen LogP contribution < -0.4 is 10.6 Å². The lowest BCUT2D eigenvalue weighted by Crippen LogP contribution is -2.15. The van der Waals surface area contributed by atoms with Gasteiger partial charge in [0.05, 0.1) is 5.75 Å². The number of benzene rings is 3. The number of para-hydroxylation sites is 1. The van der Waals surface area contributed by atoms with Gasteiger partial charge in [-0.05, 0) is 42.0 Å². The van der Waals surface area contributed by atoms with Crippen molar-refractivity contribution >= 4 is 35.0 Å². The summed E-state index contributed by atoms with van der Waals surface area (Å²) >= 11 is 1.33. The van der Waals surface area contributed by atoms with E-state index in [0.717, 1.165) is 17.1 Å². The van der Waals surface area contributed by atoms with Crippen molar-refractivity contribution in [2.45, 2.75) is 18.5 Å². The van der Waals surface area contributed by atoms with Gasteiger partial charge in [0, 0.05) is 30.4 Å². The molecule has 0 atom stereocenters. The van der Waals surface area contributed by atoms with Gasteiger partial charge in [-0.25, -0.2) is 0 Å². The van der Waals surface area contributed by atoms with E-state index in [1.54, 1.807) is 24.3 Å². The van der Waals surface area contributed by atoms with E-state index >= 15 is 0 Å². The quantitative estimate of drug-likeness (QED) is 0.379. The van der Waals surface area contributed by atoms with E-state index in [0.29, 0.717) is 23.0 Å². The van der Waals surface area contributed by atoms with Crippen molar-refractivity contribution in [3.8, 4) is 5.69 Å². The predicted octanol–water partition coefficient (Wildman–Crippen LogP) is 4.55. The van der Waals surface area contributed by atoms with E-state index < -0.39 is 0 Å². The van der Waals surface area contributed by atoms with Crippen LogP contribution in [-0.4, -0.2) is 32.3 Å². The van der Waals surface area contributed by atoms with Crippen LogP contribution >= 0.6 is 11.8 Å². The molecular weight excluding hydrogens is 434 g/mol. The molecule has 1 heterocycles. The van der Waals surface area contributed by atoms with Crippen LogP contribution in [0.4, 0.5) is 11.4 Å². The number of carbonyl (C=O) groups excluding carboxylic acids is 2. The van der Waals surface area contributed by atoms with Crippen LogP contribution in [0.2, 0.25) is 0 Å². The van der Waals surface area contributed by atoms with Crippen molar-refractivity contribution in [1.29, 1.82) is 0 Å². The molecule has 2 N–H and O–H groups in total. The van der Waals surface area contributed by atoms with Crippen molar-refractivity contribution in [2.75, 3.05) is 16.4 Å². The van der Waals surface area contributed by atoms with E-state index in [9.17, 15) is 9.59 Å². The normalized spacial score (nSPS) is 10.6. The molecule has 0 fully saturated rings. The second-order valence-electron chi connectivity index (χ2n) is 7.33. The van der Waals surface area contributed by atoms with Crippen LogP contribution in [-0.2, 0) is 16.0 Å². The number of amides is 2. The zero-order valence-electron chi connectivity index (χ0n) is 18.1. The smallest absolute Gasteiger partial charge is 0.234 e. The summed E-state index contributed by atoms with van der Waals surface area (Å²) in [6, 6.07) is 27.0. The molecule has 0 unspecified atom stereocenters. The van der Waals surface area contributed by atoms with Crippen LogP contribution in [0.5, 0.6) is 0 Å². The molecule has 0 saturated heterocycles. The number of anilines is 2. The highest BCUT2D eigenvalue weighted by atomic mass is 32.2. The average Bonchev–Trinajstić information content (AvgIpc) is 3.22. The van der Waals surface area contributed by atoms with Gasteiger partial charge in [-0.15, -0.1) is 10.2 Å². The SMILES string of the molecule is CC(=O)Nc1ccc(NC(=O)CSc2nnc(Cc3ccccc3)n2-c2ccccc2)cc1. The van der Waals surface area contributed by atoms with Crippen LogP contribution in [0.3, 0.4) is 0 Å².